The summed E-state index contributed by atoms with van der Waals surface area (Å²) in [6, 6.07) is 19.1. The highest BCUT2D eigenvalue weighted by atomic mass is 32.1. The molecular weight excluding hydrogens is 224 g/mol. The second-order valence-corrected chi connectivity index (χ2v) is 4.86. The molecule has 0 fully saturated rings. The molecular formula is C16H12S. The molecule has 3 aromatic carbocycles. The van der Waals surface area contributed by atoms with Crippen molar-refractivity contribution in [3.8, 4) is 0 Å². The summed E-state index contributed by atoms with van der Waals surface area (Å²) in [5.41, 5.74) is 1.18. The summed E-state index contributed by atoms with van der Waals surface area (Å²) in [5.74, 6) is 0. The van der Waals surface area contributed by atoms with Crippen LogP contribution in [0.25, 0.3) is 21.5 Å². The predicted octanol–water partition coefficient (Wildman–Crippen LogP) is 4.73. The first-order chi connectivity index (χ1) is 8.27. The number of hydrogen-bond acceptors (Lipinski definition) is 1. The molecule has 0 aliphatic heterocycles. The Kier molecular flexibility index (Phi) is 2.41. The third-order valence-electron chi connectivity index (χ3n) is 3.15. The minimum absolute atomic E-state index is 0.951. The lowest BCUT2D eigenvalue weighted by atomic mass is 9.96. The summed E-state index contributed by atoms with van der Waals surface area (Å²) in [6.07, 6.45) is 0. The van der Waals surface area contributed by atoms with Gasteiger partial charge < -0.3 is 0 Å². The summed E-state index contributed by atoms with van der Waals surface area (Å²) >= 11 is 5.35. The normalized spacial score (nSPS) is 10.9. The van der Waals surface area contributed by atoms with E-state index in [2.05, 4.69) is 54.6 Å². The molecule has 17 heavy (non-hydrogen) atoms. The van der Waals surface area contributed by atoms with Gasteiger partial charge in [0.2, 0.25) is 0 Å². The van der Waals surface area contributed by atoms with E-state index in [1.54, 1.807) is 0 Å². The lowest BCUT2D eigenvalue weighted by molar-refractivity contribution is 1.73. The maximum atomic E-state index is 5.35. The summed E-state index contributed by atoms with van der Waals surface area (Å²) in [5, 5.41) is 5.08. The quantitative estimate of drug-likeness (QED) is 0.334. The molecule has 0 saturated carbocycles. The zero-order chi connectivity index (χ0) is 11.8. The molecule has 0 unspecified atom stereocenters. The highest BCUT2D eigenvalue weighted by Gasteiger charge is 2.06. The Hall–Kier alpha value is -1.73. The number of hydrogen-bond donors (Lipinski definition) is 0. The van der Waals surface area contributed by atoms with Crippen molar-refractivity contribution in [2.24, 2.45) is 0 Å². The third-order valence-corrected chi connectivity index (χ3v) is 3.37. The second-order valence-electron chi connectivity index (χ2n) is 4.25. The Morgan fingerprint density at radius 1 is 0.824 bits per heavy atom. The molecule has 0 aliphatic rings. The Morgan fingerprint density at radius 3 is 2.12 bits per heavy atom. The molecule has 82 valence electrons. The van der Waals surface area contributed by atoms with Crippen LogP contribution >= 0.6 is 12.2 Å². The van der Waals surface area contributed by atoms with Gasteiger partial charge in [-0.25, -0.2) is 0 Å². The SMILES string of the molecule is CC(=S)c1cc2ccccc2c2ccccc12. The Bertz CT molecular complexity index is 726. The van der Waals surface area contributed by atoms with Gasteiger partial charge in [-0.05, 0) is 40.1 Å². The third kappa shape index (κ3) is 1.63. The zero-order valence-corrected chi connectivity index (χ0v) is 10.4. The van der Waals surface area contributed by atoms with Crippen molar-refractivity contribution >= 4 is 38.6 Å². The fraction of sp³-hybridized carbons (Fsp3) is 0.0625. The van der Waals surface area contributed by atoms with Gasteiger partial charge in [-0.2, -0.15) is 0 Å². The molecule has 0 N–H and O–H groups in total. The van der Waals surface area contributed by atoms with Gasteiger partial charge >= 0.3 is 0 Å². The van der Waals surface area contributed by atoms with Crippen LogP contribution in [-0.2, 0) is 0 Å². The van der Waals surface area contributed by atoms with Crippen LogP contribution in [0.4, 0.5) is 0 Å². The monoisotopic (exact) mass is 236 g/mol. The first-order valence-corrected chi connectivity index (χ1v) is 6.09. The average molecular weight is 236 g/mol. The van der Waals surface area contributed by atoms with E-state index in [1.165, 1.54) is 27.1 Å². The smallest absolute Gasteiger partial charge is 0.0200 e. The largest absolute Gasteiger partial charge is 0.0846 e. The van der Waals surface area contributed by atoms with Gasteiger partial charge in [0, 0.05) is 4.86 Å². The molecule has 0 spiro atoms. The Balaban J connectivity index is 2.59. The number of thiocarbonyl (C=S) groups is 1. The van der Waals surface area contributed by atoms with Crippen LogP contribution in [-0.4, -0.2) is 4.86 Å². The molecule has 0 radical (unpaired) electrons. The van der Waals surface area contributed by atoms with E-state index >= 15 is 0 Å². The highest BCUT2D eigenvalue weighted by molar-refractivity contribution is 7.80. The molecule has 3 rings (SSSR count). The number of fused-ring (bicyclic) bond motifs is 3. The summed E-state index contributed by atoms with van der Waals surface area (Å²) < 4.78 is 0. The van der Waals surface area contributed by atoms with E-state index in [0.717, 1.165) is 4.86 Å². The van der Waals surface area contributed by atoms with Crippen molar-refractivity contribution in [3.05, 3.63) is 60.2 Å². The van der Waals surface area contributed by atoms with Crippen molar-refractivity contribution in [1.29, 1.82) is 0 Å². The maximum Gasteiger partial charge on any atom is 0.0200 e. The minimum Gasteiger partial charge on any atom is -0.0846 e. The average Bonchev–Trinajstić information content (AvgIpc) is 2.37. The Labute approximate surface area is 106 Å². The van der Waals surface area contributed by atoms with E-state index in [4.69, 9.17) is 12.2 Å². The van der Waals surface area contributed by atoms with Gasteiger partial charge in [0.05, 0.1) is 0 Å². The molecule has 0 bridgehead atoms. The van der Waals surface area contributed by atoms with E-state index in [0.29, 0.717) is 0 Å². The molecule has 0 amide bonds. The van der Waals surface area contributed by atoms with E-state index < -0.39 is 0 Å². The van der Waals surface area contributed by atoms with E-state index in [1.807, 2.05) is 6.92 Å². The fourth-order valence-corrected chi connectivity index (χ4v) is 2.51. The van der Waals surface area contributed by atoms with Crippen LogP contribution in [0.2, 0.25) is 0 Å². The molecule has 0 heterocycles. The molecule has 1 heteroatoms. The van der Waals surface area contributed by atoms with Gasteiger partial charge in [-0.1, -0.05) is 60.7 Å². The maximum absolute atomic E-state index is 5.35. The van der Waals surface area contributed by atoms with Crippen LogP contribution in [0, 0.1) is 0 Å². The van der Waals surface area contributed by atoms with Crippen molar-refractivity contribution < 1.29 is 0 Å². The fourth-order valence-electron chi connectivity index (χ4n) is 2.35. The topological polar surface area (TPSA) is 0 Å². The van der Waals surface area contributed by atoms with E-state index in [-0.39, 0.29) is 0 Å². The van der Waals surface area contributed by atoms with Crippen molar-refractivity contribution in [3.63, 3.8) is 0 Å². The summed E-state index contributed by atoms with van der Waals surface area (Å²) in [6.45, 7) is 1.99. The zero-order valence-electron chi connectivity index (χ0n) is 9.60. The Morgan fingerprint density at radius 2 is 1.41 bits per heavy atom. The van der Waals surface area contributed by atoms with Gasteiger partial charge in [0.1, 0.15) is 0 Å². The lowest BCUT2D eigenvalue weighted by Crippen LogP contribution is -1.92. The number of benzene rings is 3. The van der Waals surface area contributed by atoms with Crippen LogP contribution in [0.15, 0.2) is 54.6 Å². The number of rotatable bonds is 1. The standard InChI is InChI=1S/C16H12S/c1-11(17)16-10-12-6-2-3-7-13(12)14-8-4-5-9-15(14)16/h2-10H,1H3. The minimum atomic E-state index is 0.951. The molecule has 0 saturated heterocycles. The van der Waals surface area contributed by atoms with Crippen LogP contribution in [0.3, 0.4) is 0 Å². The molecule has 3 aromatic rings. The van der Waals surface area contributed by atoms with E-state index in [9.17, 15) is 0 Å². The molecule has 0 atom stereocenters. The van der Waals surface area contributed by atoms with Gasteiger partial charge in [0.15, 0.2) is 0 Å². The van der Waals surface area contributed by atoms with Crippen molar-refractivity contribution in [1.82, 2.24) is 0 Å². The van der Waals surface area contributed by atoms with Gasteiger partial charge in [-0.15, -0.1) is 0 Å². The van der Waals surface area contributed by atoms with Gasteiger partial charge in [0.25, 0.3) is 0 Å². The molecule has 0 nitrogen and oxygen atoms in total. The molecule has 0 aliphatic carbocycles. The van der Waals surface area contributed by atoms with Crippen LogP contribution < -0.4 is 0 Å². The summed E-state index contributed by atoms with van der Waals surface area (Å²) in [7, 11) is 0. The lowest BCUT2D eigenvalue weighted by Gasteiger charge is -2.09. The summed E-state index contributed by atoms with van der Waals surface area (Å²) in [4.78, 5) is 0.951. The second kappa shape index (κ2) is 3.94. The molecule has 0 aromatic heterocycles. The van der Waals surface area contributed by atoms with Crippen molar-refractivity contribution in [2.45, 2.75) is 6.92 Å². The van der Waals surface area contributed by atoms with Crippen molar-refractivity contribution in [2.75, 3.05) is 0 Å². The van der Waals surface area contributed by atoms with Crippen LogP contribution in [0.1, 0.15) is 12.5 Å². The van der Waals surface area contributed by atoms with Gasteiger partial charge in [-0.3, -0.25) is 0 Å². The highest BCUT2D eigenvalue weighted by Crippen LogP contribution is 2.28. The first-order valence-electron chi connectivity index (χ1n) is 5.69. The predicted molar refractivity (Wildman–Crippen MR) is 78.8 cm³/mol. The van der Waals surface area contributed by atoms with Crippen LogP contribution in [0.5, 0.6) is 0 Å². The first kappa shape index (κ1) is 10.4.